The largest absolute Gasteiger partial charge is 0.491 e. The quantitative estimate of drug-likeness (QED) is 0.849. The highest BCUT2D eigenvalue weighted by Gasteiger charge is 2.39. The van der Waals surface area contributed by atoms with E-state index >= 15 is 0 Å². The van der Waals surface area contributed by atoms with Crippen LogP contribution in [0.1, 0.15) is 45.6 Å². The molecule has 122 valence electrons. The molecule has 1 aliphatic carbocycles. The van der Waals surface area contributed by atoms with E-state index in [4.69, 9.17) is 4.74 Å². The second-order valence-electron chi connectivity index (χ2n) is 6.78. The molecule has 0 aliphatic heterocycles. The topological polar surface area (TPSA) is 58.6 Å². The molecular weight excluding hydrogens is 278 g/mol. The van der Waals surface area contributed by atoms with Crippen LogP contribution in [0.4, 0.5) is 0 Å². The van der Waals surface area contributed by atoms with Crippen molar-refractivity contribution in [1.29, 1.82) is 0 Å². The molecule has 0 spiro atoms. The molecule has 0 aromatic heterocycles. The van der Waals surface area contributed by atoms with Crippen LogP contribution in [-0.4, -0.2) is 29.8 Å². The van der Waals surface area contributed by atoms with E-state index in [1.54, 1.807) is 0 Å². The van der Waals surface area contributed by atoms with Gasteiger partial charge in [0, 0.05) is 17.0 Å². The number of hydrogen-bond acceptors (Lipinski definition) is 3. The average Bonchev–Trinajstić information content (AvgIpc) is 2.82. The first-order valence-electron chi connectivity index (χ1n) is 8.09. The number of ether oxygens (including phenoxy) is 1. The highest BCUT2D eigenvalue weighted by atomic mass is 16.5. The summed E-state index contributed by atoms with van der Waals surface area (Å²) in [6.45, 7) is 6.11. The lowest BCUT2D eigenvalue weighted by atomic mass is 9.85. The number of para-hydroxylation sites is 1. The third kappa shape index (κ3) is 4.01. The fourth-order valence-corrected chi connectivity index (χ4v) is 3.11. The van der Waals surface area contributed by atoms with Crippen molar-refractivity contribution < 1.29 is 14.6 Å². The number of rotatable bonds is 6. The Bertz CT molecular complexity index is 515. The molecule has 0 radical (unpaired) electrons. The monoisotopic (exact) mass is 305 g/mol. The molecule has 22 heavy (non-hydrogen) atoms. The van der Waals surface area contributed by atoms with E-state index in [-0.39, 0.29) is 30.1 Å². The summed E-state index contributed by atoms with van der Waals surface area (Å²) in [5.74, 6) is 0.760. The third-order valence-corrected chi connectivity index (χ3v) is 4.46. The van der Waals surface area contributed by atoms with E-state index in [9.17, 15) is 9.90 Å². The summed E-state index contributed by atoms with van der Waals surface area (Å²) in [5, 5.41) is 12.7. The summed E-state index contributed by atoms with van der Waals surface area (Å²) in [5.41, 5.74) is 0.710. The second kappa shape index (κ2) is 7.14. The lowest BCUT2D eigenvalue weighted by molar-refractivity contribution is -0.122. The van der Waals surface area contributed by atoms with Crippen molar-refractivity contribution in [3.8, 4) is 5.75 Å². The summed E-state index contributed by atoms with van der Waals surface area (Å²) in [4.78, 5) is 12.4. The number of aliphatic hydroxyl groups is 1. The number of carbonyl (C=O) groups excluding carboxylic acids is 1. The van der Waals surface area contributed by atoms with Crippen molar-refractivity contribution in [1.82, 2.24) is 5.32 Å². The number of nitrogens with one attached hydrogen (secondary N) is 1. The summed E-state index contributed by atoms with van der Waals surface area (Å²) >= 11 is 0. The highest BCUT2D eigenvalue weighted by Crippen LogP contribution is 2.37. The maximum absolute atomic E-state index is 12.4. The standard InChI is InChI=1S/C18H27NO3/c1-13(2)22-15-8-5-4-7-14(15)11-17(21)19-16-9-6-10-18(16,3)12-20/h4-5,7-8,13,16,20H,6,9-12H2,1-3H3,(H,19,21). The molecule has 4 nitrogen and oxygen atoms in total. The zero-order valence-electron chi connectivity index (χ0n) is 13.8. The van der Waals surface area contributed by atoms with Gasteiger partial charge in [0.15, 0.2) is 0 Å². The Hall–Kier alpha value is -1.55. The lowest BCUT2D eigenvalue weighted by Gasteiger charge is -2.30. The first kappa shape index (κ1) is 16.8. The molecule has 1 saturated carbocycles. The number of amides is 1. The first-order chi connectivity index (χ1) is 10.4. The van der Waals surface area contributed by atoms with Crippen LogP contribution in [-0.2, 0) is 11.2 Å². The van der Waals surface area contributed by atoms with E-state index in [0.717, 1.165) is 30.6 Å². The van der Waals surface area contributed by atoms with Crippen molar-refractivity contribution in [3.63, 3.8) is 0 Å². The van der Waals surface area contributed by atoms with Crippen molar-refractivity contribution in [2.75, 3.05) is 6.61 Å². The second-order valence-corrected chi connectivity index (χ2v) is 6.78. The van der Waals surface area contributed by atoms with Gasteiger partial charge in [-0.3, -0.25) is 4.79 Å². The summed E-state index contributed by atoms with van der Waals surface area (Å²) in [6.07, 6.45) is 3.33. The predicted octanol–water partition coefficient (Wildman–Crippen LogP) is 2.68. The number of hydrogen-bond donors (Lipinski definition) is 2. The zero-order chi connectivity index (χ0) is 16.2. The molecule has 2 rings (SSSR count). The van der Waals surface area contributed by atoms with E-state index < -0.39 is 0 Å². The number of carbonyl (C=O) groups is 1. The molecule has 0 bridgehead atoms. The molecule has 0 saturated heterocycles. The Morgan fingerprint density at radius 3 is 2.86 bits per heavy atom. The molecule has 4 heteroatoms. The van der Waals surface area contributed by atoms with Crippen LogP contribution < -0.4 is 10.1 Å². The van der Waals surface area contributed by atoms with Gasteiger partial charge in [0.2, 0.25) is 5.91 Å². The third-order valence-electron chi connectivity index (χ3n) is 4.46. The van der Waals surface area contributed by atoms with E-state index in [2.05, 4.69) is 5.32 Å². The molecule has 0 heterocycles. The predicted molar refractivity (Wildman–Crippen MR) is 86.9 cm³/mol. The molecule has 1 aromatic rings. The van der Waals surface area contributed by atoms with E-state index in [1.807, 2.05) is 45.0 Å². The fourth-order valence-electron chi connectivity index (χ4n) is 3.11. The van der Waals surface area contributed by atoms with Crippen LogP contribution in [0.5, 0.6) is 5.75 Å². The zero-order valence-corrected chi connectivity index (χ0v) is 13.8. The van der Waals surface area contributed by atoms with Crippen molar-refractivity contribution in [2.24, 2.45) is 5.41 Å². The van der Waals surface area contributed by atoms with E-state index in [0.29, 0.717) is 6.42 Å². The van der Waals surface area contributed by atoms with Crippen LogP contribution >= 0.6 is 0 Å². The van der Waals surface area contributed by atoms with Gasteiger partial charge in [0.05, 0.1) is 19.1 Å². The van der Waals surface area contributed by atoms with Crippen LogP contribution in [0.25, 0.3) is 0 Å². The summed E-state index contributed by atoms with van der Waals surface area (Å²) in [6, 6.07) is 7.72. The molecule has 1 aliphatic rings. The first-order valence-corrected chi connectivity index (χ1v) is 8.09. The maximum atomic E-state index is 12.4. The smallest absolute Gasteiger partial charge is 0.224 e. The van der Waals surface area contributed by atoms with Crippen molar-refractivity contribution in [2.45, 2.75) is 58.6 Å². The Morgan fingerprint density at radius 1 is 1.45 bits per heavy atom. The fraction of sp³-hybridized carbons (Fsp3) is 0.611. The van der Waals surface area contributed by atoms with Gasteiger partial charge in [-0.15, -0.1) is 0 Å². The van der Waals surface area contributed by atoms with Crippen LogP contribution in [0, 0.1) is 5.41 Å². The molecule has 1 aromatic carbocycles. The van der Waals surface area contributed by atoms with Gasteiger partial charge in [-0.05, 0) is 32.8 Å². The van der Waals surface area contributed by atoms with E-state index in [1.165, 1.54) is 0 Å². The Labute approximate surface area is 132 Å². The maximum Gasteiger partial charge on any atom is 0.224 e. The average molecular weight is 305 g/mol. The summed E-state index contributed by atoms with van der Waals surface area (Å²) < 4.78 is 5.76. The van der Waals surface area contributed by atoms with Gasteiger partial charge in [0.25, 0.3) is 0 Å². The molecule has 2 N–H and O–H groups in total. The molecular formula is C18H27NO3. The molecule has 1 fully saturated rings. The minimum absolute atomic E-state index is 0.00798. The van der Waals surface area contributed by atoms with Crippen molar-refractivity contribution in [3.05, 3.63) is 29.8 Å². The number of aliphatic hydroxyl groups excluding tert-OH is 1. The minimum atomic E-state index is -0.191. The summed E-state index contributed by atoms with van der Waals surface area (Å²) in [7, 11) is 0. The Balaban J connectivity index is 2.01. The van der Waals surface area contributed by atoms with Gasteiger partial charge in [-0.2, -0.15) is 0 Å². The minimum Gasteiger partial charge on any atom is -0.491 e. The highest BCUT2D eigenvalue weighted by molar-refractivity contribution is 5.79. The van der Waals surface area contributed by atoms with Gasteiger partial charge in [0.1, 0.15) is 5.75 Å². The Morgan fingerprint density at radius 2 is 2.18 bits per heavy atom. The van der Waals surface area contributed by atoms with Gasteiger partial charge < -0.3 is 15.2 Å². The normalized spacial score (nSPS) is 24.5. The van der Waals surface area contributed by atoms with Crippen LogP contribution in [0.3, 0.4) is 0 Å². The van der Waals surface area contributed by atoms with Crippen LogP contribution in [0.2, 0.25) is 0 Å². The SMILES string of the molecule is CC(C)Oc1ccccc1CC(=O)NC1CCCC1(C)CO. The van der Waals surface area contributed by atoms with Gasteiger partial charge in [-0.1, -0.05) is 31.5 Å². The van der Waals surface area contributed by atoms with Gasteiger partial charge >= 0.3 is 0 Å². The van der Waals surface area contributed by atoms with Crippen LogP contribution in [0.15, 0.2) is 24.3 Å². The Kier molecular flexibility index (Phi) is 5.46. The lowest BCUT2D eigenvalue weighted by Crippen LogP contribution is -2.45. The molecule has 2 unspecified atom stereocenters. The van der Waals surface area contributed by atoms with Gasteiger partial charge in [-0.25, -0.2) is 0 Å². The molecule has 2 atom stereocenters. The van der Waals surface area contributed by atoms with Crippen molar-refractivity contribution >= 4 is 5.91 Å². The molecule has 1 amide bonds. The number of benzene rings is 1.